The lowest BCUT2D eigenvalue weighted by molar-refractivity contribution is -0.134. The molecule has 1 atom stereocenters. The summed E-state index contributed by atoms with van der Waals surface area (Å²) >= 11 is 0. The zero-order valence-corrected chi connectivity index (χ0v) is 19.9. The number of hydrogen-bond donors (Lipinski definition) is 2. The third kappa shape index (κ3) is 7.21. The average molecular weight is 469 g/mol. The molecule has 0 radical (unpaired) electrons. The molecule has 0 saturated carbocycles. The largest absolute Gasteiger partial charge is 0.497 e. The maximum Gasteiger partial charge on any atom is 0.243 e. The Hall–Kier alpha value is -3.59. The number of morpholine rings is 1. The van der Waals surface area contributed by atoms with Gasteiger partial charge in [-0.15, -0.1) is 0 Å². The lowest BCUT2D eigenvalue weighted by atomic mass is 10.0. The Morgan fingerprint density at radius 1 is 1.06 bits per heavy atom. The second-order valence-corrected chi connectivity index (χ2v) is 8.17. The fraction of sp³-hybridized carbons (Fsp3) is 0.400. The van der Waals surface area contributed by atoms with E-state index in [0.717, 1.165) is 24.3 Å². The van der Waals surface area contributed by atoms with Gasteiger partial charge in [0.05, 0.1) is 39.3 Å². The molecule has 1 fully saturated rings. The smallest absolute Gasteiger partial charge is 0.243 e. The first-order valence-electron chi connectivity index (χ1n) is 11.2. The Morgan fingerprint density at radius 3 is 2.29 bits per heavy atom. The molecular formula is C25H32N4O5. The van der Waals surface area contributed by atoms with Crippen LogP contribution in [0.5, 0.6) is 5.75 Å². The second kappa shape index (κ2) is 12.0. The second-order valence-electron chi connectivity index (χ2n) is 8.17. The molecule has 1 heterocycles. The molecule has 1 aliphatic rings. The van der Waals surface area contributed by atoms with Crippen LogP contribution in [0, 0.1) is 0 Å². The maximum atomic E-state index is 12.8. The highest BCUT2D eigenvalue weighted by atomic mass is 16.5. The van der Waals surface area contributed by atoms with Crippen LogP contribution in [0.3, 0.4) is 0 Å². The molecule has 1 aliphatic heterocycles. The van der Waals surface area contributed by atoms with Crippen molar-refractivity contribution in [2.75, 3.05) is 57.2 Å². The number of benzene rings is 2. The zero-order chi connectivity index (χ0) is 24.5. The van der Waals surface area contributed by atoms with Gasteiger partial charge in [0.2, 0.25) is 17.7 Å². The first-order chi connectivity index (χ1) is 16.4. The van der Waals surface area contributed by atoms with Gasteiger partial charge in [0.1, 0.15) is 5.75 Å². The summed E-state index contributed by atoms with van der Waals surface area (Å²) in [4.78, 5) is 40.6. The number of rotatable bonds is 9. The van der Waals surface area contributed by atoms with Gasteiger partial charge >= 0.3 is 0 Å². The van der Waals surface area contributed by atoms with Gasteiger partial charge in [-0.3, -0.25) is 14.4 Å². The molecule has 2 aromatic carbocycles. The molecule has 3 amide bonds. The van der Waals surface area contributed by atoms with Crippen LogP contribution in [0.2, 0.25) is 0 Å². The standard InChI is InChI=1S/C25H32N4O5/c1-18(30)26-23(19-4-10-22(33-3)11-5-19)16-25(32)28(2)17-24(31)27-20-6-8-21(9-7-20)29-12-14-34-15-13-29/h4-11,23H,12-17H2,1-3H3,(H,26,30)(H,27,31). The van der Waals surface area contributed by atoms with Crippen molar-refractivity contribution in [1.82, 2.24) is 10.2 Å². The van der Waals surface area contributed by atoms with Crippen LogP contribution in [0.15, 0.2) is 48.5 Å². The number of likely N-dealkylation sites (N-methyl/N-ethyl adjacent to an activating group) is 1. The number of nitrogens with zero attached hydrogens (tertiary/aromatic N) is 2. The molecule has 182 valence electrons. The van der Waals surface area contributed by atoms with Crippen LogP contribution in [0.1, 0.15) is 24.9 Å². The highest BCUT2D eigenvalue weighted by molar-refractivity contribution is 5.94. The Bertz CT molecular complexity index is 972. The van der Waals surface area contributed by atoms with Gasteiger partial charge in [-0.05, 0) is 42.0 Å². The topological polar surface area (TPSA) is 100 Å². The SMILES string of the molecule is COc1ccc(C(CC(=O)N(C)CC(=O)Nc2ccc(N3CCOCC3)cc2)NC(C)=O)cc1. The van der Waals surface area contributed by atoms with Crippen molar-refractivity contribution >= 4 is 29.1 Å². The first-order valence-corrected chi connectivity index (χ1v) is 11.2. The van der Waals surface area contributed by atoms with Gasteiger partial charge in [-0.25, -0.2) is 0 Å². The molecule has 0 bridgehead atoms. The fourth-order valence-corrected chi connectivity index (χ4v) is 3.75. The number of hydrogen-bond acceptors (Lipinski definition) is 6. The van der Waals surface area contributed by atoms with Gasteiger partial charge in [0.15, 0.2) is 0 Å². The number of nitrogens with one attached hydrogen (secondary N) is 2. The number of carbonyl (C=O) groups is 3. The zero-order valence-electron chi connectivity index (χ0n) is 19.9. The van der Waals surface area contributed by atoms with Crippen molar-refractivity contribution in [2.45, 2.75) is 19.4 Å². The first kappa shape index (κ1) is 25.0. The Kier molecular flexibility index (Phi) is 8.86. The van der Waals surface area contributed by atoms with Gasteiger partial charge in [0, 0.05) is 38.4 Å². The van der Waals surface area contributed by atoms with E-state index in [1.54, 1.807) is 38.4 Å². The number of methoxy groups -OCH3 is 1. The summed E-state index contributed by atoms with van der Waals surface area (Å²) in [5, 5.41) is 5.63. The average Bonchev–Trinajstić information content (AvgIpc) is 2.84. The number of ether oxygens (including phenoxy) is 2. The minimum Gasteiger partial charge on any atom is -0.497 e. The number of anilines is 2. The molecule has 0 aliphatic carbocycles. The molecule has 0 spiro atoms. The number of carbonyl (C=O) groups excluding carboxylic acids is 3. The highest BCUT2D eigenvalue weighted by Gasteiger charge is 2.21. The monoisotopic (exact) mass is 468 g/mol. The minimum atomic E-state index is -0.505. The van der Waals surface area contributed by atoms with E-state index in [1.807, 2.05) is 24.3 Å². The predicted octanol–water partition coefficient (Wildman–Crippen LogP) is 2.20. The molecule has 9 nitrogen and oxygen atoms in total. The van der Waals surface area contributed by atoms with Crippen molar-refractivity contribution in [2.24, 2.45) is 0 Å². The van der Waals surface area contributed by atoms with Gasteiger partial charge in [-0.2, -0.15) is 0 Å². The van der Waals surface area contributed by atoms with Crippen LogP contribution in [-0.2, 0) is 19.1 Å². The van der Waals surface area contributed by atoms with Crippen LogP contribution in [0.25, 0.3) is 0 Å². The van der Waals surface area contributed by atoms with Gasteiger partial charge < -0.3 is 29.9 Å². The highest BCUT2D eigenvalue weighted by Crippen LogP contribution is 2.22. The molecular weight excluding hydrogens is 436 g/mol. The van der Waals surface area contributed by atoms with Gasteiger partial charge in [0.25, 0.3) is 0 Å². The maximum absolute atomic E-state index is 12.8. The van der Waals surface area contributed by atoms with Crippen molar-refractivity contribution < 1.29 is 23.9 Å². The predicted molar refractivity (Wildman–Crippen MR) is 130 cm³/mol. The Morgan fingerprint density at radius 2 is 1.71 bits per heavy atom. The lowest BCUT2D eigenvalue weighted by Crippen LogP contribution is -2.38. The third-order valence-corrected chi connectivity index (χ3v) is 5.61. The molecule has 2 aromatic rings. The van der Waals surface area contributed by atoms with Crippen LogP contribution in [0.4, 0.5) is 11.4 Å². The molecule has 2 N–H and O–H groups in total. The summed E-state index contributed by atoms with van der Waals surface area (Å²) in [5.74, 6) is -0.110. The summed E-state index contributed by atoms with van der Waals surface area (Å²) in [6.07, 6.45) is 0.0317. The van der Waals surface area contributed by atoms with Crippen LogP contribution < -0.4 is 20.3 Å². The summed E-state index contributed by atoms with van der Waals surface area (Å²) in [6, 6.07) is 14.3. The number of amides is 3. The van der Waals surface area contributed by atoms with E-state index in [4.69, 9.17) is 9.47 Å². The molecule has 0 aromatic heterocycles. The van der Waals surface area contributed by atoms with E-state index < -0.39 is 6.04 Å². The van der Waals surface area contributed by atoms with E-state index in [1.165, 1.54) is 11.8 Å². The summed E-state index contributed by atoms with van der Waals surface area (Å²) < 4.78 is 10.5. The van der Waals surface area contributed by atoms with Crippen molar-refractivity contribution in [1.29, 1.82) is 0 Å². The normalized spacial score (nSPS) is 14.1. The molecule has 1 saturated heterocycles. The van der Waals surface area contributed by atoms with E-state index in [2.05, 4.69) is 15.5 Å². The van der Waals surface area contributed by atoms with Crippen LogP contribution in [-0.4, -0.2) is 69.6 Å². The van der Waals surface area contributed by atoms with Crippen molar-refractivity contribution in [3.05, 3.63) is 54.1 Å². The summed E-state index contributed by atoms with van der Waals surface area (Å²) in [5.41, 5.74) is 2.52. The lowest BCUT2D eigenvalue weighted by Gasteiger charge is -2.29. The van der Waals surface area contributed by atoms with E-state index in [0.29, 0.717) is 24.7 Å². The minimum absolute atomic E-state index is 0.0317. The van der Waals surface area contributed by atoms with Crippen molar-refractivity contribution in [3.8, 4) is 5.75 Å². The van der Waals surface area contributed by atoms with Crippen molar-refractivity contribution in [3.63, 3.8) is 0 Å². The molecule has 3 rings (SSSR count). The third-order valence-electron chi connectivity index (χ3n) is 5.61. The van der Waals surface area contributed by atoms with E-state index in [-0.39, 0.29) is 30.7 Å². The van der Waals surface area contributed by atoms with Crippen LogP contribution >= 0.6 is 0 Å². The summed E-state index contributed by atoms with van der Waals surface area (Å²) in [7, 11) is 3.14. The quantitative estimate of drug-likeness (QED) is 0.585. The molecule has 9 heteroatoms. The van der Waals surface area contributed by atoms with Gasteiger partial charge in [-0.1, -0.05) is 12.1 Å². The Labute approximate surface area is 200 Å². The fourth-order valence-electron chi connectivity index (χ4n) is 3.75. The van der Waals surface area contributed by atoms with E-state index >= 15 is 0 Å². The molecule has 1 unspecified atom stereocenters. The van der Waals surface area contributed by atoms with E-state index in [9.17, 15) is 14.4 Å². The Balaban J connectivity index is 1.54. The molecule has 34 heavy (non-hydrogen) atoms. The summed E-state index contributed by atoms with van der Waals surface area (Å²) in [6.45, 7) is 4.41.